The number of alkyl halides is 3. The van der Waals surface area contributed by atoms with Crippen LogP contribution >= 0.6 is 0 Å². The first-order chi connectivity index (χ1) is 16.7. The summed E-state index contributed by atoms with van der Waals surface area (Å²) in [5.74, 6) is -1.35. The SMILES string of the molecule is O=C(NC1CCC(c2ccccc2)CC1)C1=C(O)C(=O)N([C@H]2CCc3ccc(C(F)(F)F)cc32)C1. The van der Waals surface area contributed by atoms with E-state index in [-0.39, 0.29) is 18.2 Å². The van der Waals surface area contributed by atoms with Gasteiger partial charge in [0, 0.05) is 6.04 Å². The van der Waals surface area contributed by atoms with Crippen molar-refractivity contribution in [2.24, 2.45) is 0 Å². The summed E-state index contributed by atoms with van der Waals surface area (Å²) in [5.41, 5.74) is 1.70. The number of fused-ring (bicyclic) bond motifs is 1. The Morgan fingerprint density at radius 1 is 1.00 bits per heavy atom. The van der Waals surface area contributed by atoms with Crippen molar-refractivity contribution in [2.45, 2.75) is 62.7 Å². The first kappa shape index (κ1) is 23.5. The van der Waals surface area contributed by atoms with Gasteiger partial charge in [0.15, 0.2) is 5.76 Å². The summed E-state index contributed by atoms with van der Waals surface area (Å²) in [6.45, 7) is -0.115. The molecule has 2 aromatic rings. The maximum atomic E-state index is 13.2. The fraction of sp³-hybridized carbons (Fsp3) is 0.407. The van der Waals surface area contributed by atoms with E-state index in [1.807, 2.05) is 18.2 Å². The van der Waals surface area contributed by atoms with Gasteiger partial charge < -0.3 is 15.3 Å². The molecule has 2 amide bonds. The number of nitrogens with one attached hydrogen (secondary N) is 1. The van der Waals surface area contributed by atoms with Gasteiger partial charge in [0.2, 0.25) is 0 Å². The van der Waals surface area contributed by atoms with Crippen molar-refractivity contribution >= 4 is 11.8 Å². The van der Waals surface area contributed by atoms with Crippen LogP contribution < -0.4 is 5.32 Å². The Hall–Kier alpha value is -3.29. The zero-order valence-electron chi connectivity index (χ0n) is 19.1. The fourth-order valence-electron chi connectivity index (χ4n) is 5.66. The van der Waals surface area contributed by atoms with Gasteiger partial charge >= 0.3 is 6.18 Å². The third-order valence-electron chi connectivity index (χ3n) is 7.58. The fourth-order valence-corrected chi connectivity index (χ4v) is 5.66. The normalized spacial score (nSPS) is 24.6. The largest absolute Gasteiger partial charge is 0.503 e. The molecule has 0 unspecified atom stereocenters. The Balaban J connectivity index is 1.24. The first-order valence-corrected chi connectivity index (χ1v) is 12.0. The first-order valence-electron chi connectivity index (χ1n) is 12.0. The van der Waals surface area contributed by atoms with E-state index in [1.165, 1.54) is 16.5 Å². The summed E-state index contributed by atoms with van der Waals surface area (Å²) >= 11 is 0. The summed E-state index contributed by atoms with van der Waals surface area (Å²) in [7, 11) is 0. The van der Waals surface area contributed by atoms with E-state index in [9.17, 15) is 27.9 Å². The standard InChI is InChI=1S/C27H27F3N2O3/c28-27(29,30)19-10-6-18-9-13-23(21(18)14-19)32-15-22(24(33)26(32)35)25(34)31-20-11-7-17(8-12-20)16-4-2-1-3-5-16/h1-6,10,14,17,20,23,33H,7-9,11-13,15H2,(H,31,34)/t17?,20?,23-/m0/s1. The lowest BCUT2D eigenvalue weighted by Gasteiger charge is -2.29. The molecule has 3 aliphatic rings. The third-order valence-corrected chi connectivity index (χ3v) is 7.58. The van der Waals surface area contributed by atoms with Crippen LogP contribution in [0.4, 0.5) is 13.2 Å². The number of amides is 2. The number of aliphatic hydroxyl groups excluding tert-OH is 1. The summed E-state index contributed by atoms with van der Waals surface area (Å²) in [6.07, 6.45) is -0.0254. The number of hydrogen-bond donors (Lipinski definition) is 2. The Morgan fingerprint density at radius 2 is 1.71 bits per heavy atom. The summed E-state index contributed by atoms with van der Waals surface area (Å²) < 4.78 is 39.7. The van der Waals surface area contributed by atoms with E-state index >= 15 is 0 Å². The van der Waals surface area contributed by atoms with Crippen LogP contribution in [0, 0.1) is 0 Å². The van der Waals surface area contributed by atoms with Gasteiger partial charge in [-0.1, -0.05) is 36.4 Å². The molecule has 1 heterocycles. The summed E-state index contributed by atoms with van der Waals surface area (Å²) in [5, 5.41) is 13.4. The Labute approximate surface area is 201 Å². The second kappa shape index (κ2) is 9.06. The van der Waals surface area contributed by atoms with Gasteiger partial charge in [0.05, 0.1) is 23.7 Å². The number of carbonyl (C=O) groups is 2. The lowest BCUT2D eigenvalue weighted by Crippen LogP contribution is -2.39. The van der Waals surface area contributed by atoms with Crippen molar-refractivity contribution in [2.75, 3.05) is 6.54 Å². The molecule has 2 aliphatic carbocycles. The number of aryl methyl sites for hydroxylation is 1. The Kier molecular flexibility index (Phi) is 6.07. The van der Waals surface area contributed by atoms with Crippen LogP contribution in [-0.2, 0) is 22.2 Å². The zero-order chi connectivity index (χ0) is 24.7. The monoisotopic (exact) mass is 484 g/mol. The molecule has 0 bridgehead atoms. The van der Waals surface area contributed by atoms with Crippen LogP contribution in [0.3, 0.4) is 0 Å². The number of hydrogen-bond acceptors (Lipinski definition) is 3. The van der Waals surface area contributed by atoms with Crippen LogP contribution in [-0.4, -0.2) is 34.4 Å². The van der Waals surface area contributed by atoms with Gasteiger partial charge in [-0.05, 0) is 73.3 Å². The van der Waals surface area contributed by atoms with Gasteiger partial charge in [-0.25, -0.2) is 0 Å². The summed E-state index contributed by atoms with van der Waals surface area (Å²) in [6, 6.07) is 13.2. The molecule has 2 N–H and O–H groups in total. The smallest absolute Gasteiger partial charge is 0.416 e. The second-order valence-corrected chi connectivity index (χ2v) is 9.66. The van der Waals surface area contributed by atoms with Crippen LogP contribution in [0.25, 0.3) is 0 Å². The average Bonchev–Trinajstić information content (AvgIpc) is 3.40. The van der Waals surface area contributed by atoms with Gasteiger partial charge in [0.25, 0.3) is 11.8 Å². The van der Waals surface area contributed by atoms with Crippen molar-refractivity contribution in [1.29, 1.82) is 0 Å². The highest BCUT2D eigenvalue weighted by molar-refractivity contribution is 6.07. The van der Waals surface area contributed by atoms with Crippen LogP contribution in [0.1, 0.15) is 66.3 Å². The molecule has 0 saturated heterocycles. The number of halogens is 3. The van der Waals surface area contributed by atoms with Gasteiger partial charge in [-0.3, -0.25) is 9.59 Å². The topological polar surface area (TPSA) is 69.6 Å². The summed E-state index contributed by atoms with van der Waals surface area (Å²) in [4.78, 5) is 27.1. The quantitative estimate of drug-likeness (QED) is 0.628. The van der Waals surface area contributed by atoms with Crippen molar-refractivity contribution in [1.82, 2.24) is 10.2 Å². The number of benzene rings is 2. The predicted molar refractivity (Wildman–Crippen MR) is 123 cm³/mol. The molecule has 0 radical (unpaired) electrons. The molecule has 1 saturated carbocycles. The Bertz CT molecular complexity index is 1170. The van der Waals surface area contributed by atoms with Gasteiger partial charge in [0.1, 0.15) is 0 Å². The minimum atomic E-state index is -4.48. The van der Waals surface area contributed by atoms with Crippen LogP contribution in [0.5, 0.6) is 0 Å². The van der Waals surface area contributed by atoms with E-state index in [2.05, 4.69) is 17.4 Å². The van der Waals surface area contributed by atoms with Crippen molar-refractivity contribution in [3.63, 3.8) is 0 Å². The maximum absolute atomic E-state index is 13.2. The highest BCUT2D eigenvalue weighted by atomic mass is 19.4. The molecule has 8 heteroatoms. The minimum absolute atomic E-state index is 0.0133. The number of aliphatic hydroxyl groups is 1. The van der Waals surface area contributed by atoms with E-state index in [4.69, 9.17) is 0 Å². The number of rotatable bonds is 4. The zero-order valence-corrected chi connectivity index (χ0v) is 19.1. The number of carbonyl (C=O) groups excluding carboxylic acids is 2. The highest BCUT2D eigenvalue weighted by Crippen LogP contribution is 2.42. The molecule has 1 fully saturated rings. The lowest BCUT2D eigenvalue weighted by atomic mass is 9.82. The molecule has 35 heavy (non-hydrogen) atoms. The molecule has 0 aromatic heterocycles. The third kappa shape index (κ3) is 4.54. The van der Waals surface area contributed by atoms with Crippen LogP contribution in [0.2, 0.25) is 0 Å². The highest BCUT2D eigenvalue weighted by Gasteiger charge is 2.42. The molecule has 5 nitrogen and oxygen atoms in total. The van der Waals surface area contributed by atoms with Gasteiger partial charge in [-0.2, -0.15) is 13.2 Å². The van der Waals surface area contributed by atoms with E-state index in [0.29, 0.717) is 24.3 Å². The molecular weight excluding hydrogens is 457 g/mol. The average molecular weight is 485 g/mol. The molecular formula is C27H27F3N2O3. The van der Waals surface area contributed by atoms with E-state index < -0.39 is 35.4 Å². The number of nitrogens with zero attached hydrogens (tertiary/aromatic N) is 1. The van der Waals surface area contributed by atoms with E-state index in [1.54, 1.807) is 0 Å². The van der Waals surface area contributed by atoms with Crippen LogP contribution in [0.15, 0.2) is 59.9 Å². The molecule has 5 rings (SSSR count). The second-order valence-electron chi connectivity index (χ2n) is 9.66. The van der Waals surface area contributed by atoms with Crippen molar-refractivity contribution in [3.05, 3.63) is 82.1 Å². The molecule has 1 aliphatic heterocycles. The van der Waals surface area contributed by atoms with Crippen molar-refractivity contribution in [3.8, 4) is 0 Å². The van der Waals surface area contributed by atoms with Crippen molar-refractivity contribution < 1.29 is 27.9 Å². The molecule has 184 valence electrons. The van der Waals surface area contributed by atoms with E-state index in [0.717, 1.165) is 43.4 Å². The minimum Gasteiger partial charge on any atom is -0.503 e. The molecule has 2 aromatic carbocycles. The Morgan fingerprint density at radius 3 is 2.40 bits per heavy atom. The molecule has 0 spiro atoms. The predicted octanol–water partition coefficient (Wildman–Crippen LogP) is 5.19. The maximum Gasteiger partial charge on any atom is 0.416 e. The molecule has 1 atom stereocenters. The van der Waals surface area contributed by atoms with Gasteiger partial charge in [-0.15, -0.1) is 0 Å². The lowest BCUT2D eigenvalue weighted by molar-refractivity contribution is -0.137.